The van der Waals surface area contributed by atoms with Crippen molar-refractivity contribution in [3.63, 3.8) is 0 Å². The van der Waals surface area contributed by atoms with Crippen LogP contribution in [-0.4, -0.2) is 6.04 Å². The zero-order chi connectivity index (χ0) is 12.6. The molecule has 0 heterocycles. The summed E-state index contributed by atoms with van der Waals surface area (Å²) in [6, 6.07) is 7.22. The van der Waals surface area contributed by atoms with Gasteiger partial charge in [-0.3, -0.25) is 0 Å². The molecule has 1 aliphatic carbocycles. The normalized spacial score (nSPS) is 31.0. The average Bonchev–Trinajstić information content (AvgIpc) is 2.36. The van der Waals surface area contributed by atoms with Crippen LogP contribution in [0.25, 0.3) is 0 Å². The largest absolute Gasteiger partial charge is 0.327 e. The van der Waals surface area contributed by atoms with Crippen LogP contribution in [0.15, 0.2) is 24.3 Å². The molecule has 1 aromatic rings. The first-order valence-corrected chi connectivity index (χ1v) is 6.58. The van der Waals surface area contributed by atoms with Crippen molar-refractivity contribution in [3.05, 3.63) is 35.6 Å². The first kappa shape index (κ1) is 12.6. The van der Waals surface area contributed by atoms with Crippen LogP contribution in [0, 0.1) is 17.2 Å². The molecule has 94 valence electrons. The quantitative estimate of drug-likeness (QED) is 0.849. The summed E-state index contributed by atoms with van der Waals surface area (Å²) in [6.45, 7) is 6.64. The summed E-state index contributed by atoms with van der Waals surface area (Å²) in [6.07, 6.45) is 2.19. The van der Waals surface area contributed by atoms with E-state index in [1.165, 1.54) is 5.56 Å². The summed E-state index contributed by atoms with van der Waals surface area (Å²) in [5.41, 5.74) is 7.75. The van der Waals surface area contributed by atoms with E-state index in [2.05, 4.69) is 20.8 Å². The summed E-state index contributed by atoms with van der Waals surface area (Å²) in [7, 11) is 0. The van der Waals surface area contributed by atoms with Gasteiger partial charge >= 0.3 is 0 Å². The van der Waals surface area contributed by atoms with E-state index in [4.69, 9.17) is 5.73 Å². The number of halogens is 1. The van der Waals surface area contributed by atoms with Gasteiger partial charge in [-0.15, -0.1) is 0 Å². The molecule has 1 saturated carbocycles. The summed E-state index contributed by atoms with van der Waals surface area (Å²) in [4.78, 5) is 0. The molecule has 3 atom stereocenters. The van der Waals surface area contributed by atoms with Crippen LogP contribution >= 0.6 is 0 Å². The lowest BCUT2D eigenvalue weighted by Crippen LogP contribution is -2.62. The van der Waals surface area contributed by atoms with Gasteiger partial charge in [-0.1, -0.05) is 32.9 Å². The Kier molecular flexibility index (Phi) is 3.26. The standard InChI is InChI=1S/C15H22FN/c1-4-15(5-2)13(10(3)14(15)17)11-6-8-12(16)9-7-11/h6-10,13-14H,4-5,17H2,1-3H3. The molecule has 0 spiro atoms. The molecule has 1 aliphatic rings. The minimum atomic E-state index is -0.163. The van der Waals surface area contributed by atoms with Gasteiger partial charge in [-0.25, -0.2) is 4.39 Å². The molecule has 1 nitrogen and oxygen atoms in total. The predicted molar refractivity (Wildman–Crippen MR) is 69.3 cm³/mol. The molecule has 3 unspecified atom stereocenters. The Balaban J connectivity index is 2.34. The minimum absolute atomic E-state index is 0.163. The van der Waals surface area contributed by atoms with Crippen molar-refractivity contribution in [1.29, 1.82) is 0 Å². The lowest BCUT2D eigenvalue weighted by Gasteiger charge is -2.59. The number of nitrogens with two attached hydrogens (primary N) is 1. The molecule has 2 rings (SSSR count). The molecule has 0 amide bonds. The summed E-state index contributed by atoms with van der Waals surface area (Å²) < 4.78 is 13.0. The molecule has 0 bridgehead atoms. The Labute approximate surface area is 103 Å². The van der Waals surface area contributed by atoms with Crippen LogP contribution in [0.4, 0.5) is 4.39 Å². The highest BCUT2D eigenvalue weighted by Gasteiger charge is 2.56. The first-order valence-electron chi connectivity index (χ1n) is 6.58. The maximum absolute atomic E-state index is 13.0. The van der Waals surface area contributed by atoms with Crippen molar-refractivity contribution >= 4 is 0 Å². The molecule has 2 heteroatoms. The van der Waals surface area contributed by atoms with Gasteiger partial charge in [0.25, 0.3) is 0 Å². The highest BCUT2D eigenvalue weighted by atomic mass is 19.1. The molecule has 1 aromatic carbocycles. The molecule has 0 aliphatic heterocycles. The van der Waals surface area contributed by atoms with Crippen molar-refractivity contribution in [3.8, 4) is 0 Å². The Morgan fingerprint density at radius 1 is 1.18 bits per heavy atom. The third kappa shape index (κ3) is 1.70. The smallest absolute Gasteiger partial charge is 0.123 e. The van der Waals surface area contributed by atoms with E-state index < -0.39 is 0 Å². The SMILES string of the molecule is CCC1(CC)C(N)C(C)C1c1ccc(F)cc1. The number of hydrogen-bond acceptors (Lipinski definition) is 1. The van der Waals surface area contributed by atoms with E-state index in [-0.39, 0.29) is 17.3 Å². The second-order valence-electron chi connectivity index (χ2n) is 5.35. The van der Waals surface area contributed by atoms with Gasteiger partial charge in [0.2, 0.25) is 0 Å². The molecular weight excluding hydrogens is 213 g/mol. The van der Waals surface area contributed by atoms with E-state index >= 15 is 0 Å². The van der Waals surface area contributed by atoms with E-state index in [1.807, 2.05) is 12.1 Å². The summed E-state index contributed by atoms with van der Waals surface area (Å²) >= 11 is 0. The van der Waals surface area contributed by atoms with Gasteiger partial charge in [0.1, 0.15) is 5.82 Å². The zero-order valence-electron chi connectivity index (χ0n) is 10.9. The highest BCUT2D eigenvalue weighted by Crippen LogP contribution is 2.59. The Bertz CT molecular complexity index is 380. The zero-order valence-corrected chi connectivity index (χ0v) is 10.9. The number of rotatable bonds is 3. The maximum Gasteiger partial charge on any atom is 0.123 e. The molecule has 0 saturated heterocycles. The van der Waals surface area contributed by atoms with Gasteiger partial charge in [0, 0.05) is 6.04 Å². The molecular formula is C15H22FN. The minimum Gasteiger partial charge on any atom is -0.327 e. The second kappa shape index (κ2) is 4.41. The van der Waals surface area contributed by atoms with Crippen molar-refractivity contribution in [2.75, 3.05) is 0 Å². The summed E-state index contributed by atoms with van der Waals surface area (Å²) in [5, 5.41) is 0. The Hall–Kier alpha value is -0.890. The van der Waals surface area contributed by atoms with Gasteiger partial charge < -0.3 is 5.73 Å². The molecule has 0 radical (unpaired) electrons. The van der Waals surface area contributed by atoms with Crippen LogP contribution in [0.5, 0.6) is 0 Å². The first-order chi connectivity index (χ1) is 8.06. The average molecular weight is 235 g/mol. The van der Waals surface area contributed by atoms with Crippen LogP contribution < -0.4 is 5.73 Å². The lowest BCUT2D eigenvalue weighted by molar-refractivity contribution is -0.0180. The fourth-order valence-corrected chi connectivity index (χ4v) is 3.81. The molecule has 0 aromatic heterocycles. The predicted octanol–water partition coefficient (Wildman–Crippen LogP) is 3.69. The number of hydrogen-bond donors (Lipinski definition) is 1. The van der Waals surface area contributed by atoms with Gasteiger partial charge in [0.15, 0.2) is 0 Å². The van der Waals surface area contributed by atoms with Crippen molar-refractivity contribution in [2.24, 2.45) is 17.1 Å². The second-order valence-corrected chi connectivity index (χ2v) is 5.35. The maximum atomic E-state index is 13.0. The molecule has 2 N–H and O–H groups in total. The van der Waals surface area contributed by atoms with Gasteiger partial charge in [-0.2, -0.15) is 0 Å². The van der Waals surface area contributed by atoms with E-state index in [1.54, 1.807) is 12.1 Å². The van der Waals surface area contributed by atoms with Gasteiger partial charge in [0.05, 0.1) is 0 Å². The van der Waals surface area contributed by atoms with Gasteiger partial charge in [-0.05, 0) is 47.8 Å². The van der Waals surface area contributed by atoms with Crippen molar-refractivity contribution < 1.29 is 4.39 Å². The monoisotopic (exact) mass is 235 g/mol. The van der Waals surface area contributed by atoms with E-state index in [9.17, 15) is 4.39 Å². The Morgan fingerprint density at radius 3 is 2.18 bits per heavy atom. The topological polar surface area (TPSA) is 26.0 Å². The van der Waals surface area contributed by atoms with Crippen LogP contribution in [0.3, 0.4) is 0 Å². The third-order valence-corrected chi connectivity index (χ3v) is 4.92. The van der Waals surface area contributed by atoms with Crippen molar-refractivity contribution in [2.45, 2.75) is 45.6 Å². The fraction of sp³-hybridized carbons (Fsp3) is 0.600. The lowest BCUT2D eigenvalue weighted by atomic mass is 9.47. The third-order valence-electron chi connectivity index (χ3n) is 4.92. The number of benzene rings is 1. The van der Waals surface area contributed by atoms with Crippen LogP contribution in [-0.2, 0) is 0 Å². The van der Waals surface area contributed by atoms with Crippen molar-refractivity contribution in [1.82, 2.24) is 0 Å². The van der Waals surface area contributed by atoms with Crippen LogP contribution in [0.1, 0.15) is 45.1 Å². The molecule has 1 fully saturated rings. The van der Waals surface area contributed by atoms with E-state index in [0.717, 1.165) is 12.8 Å². The highest BCUT2D eigenvalue weighted by molar-refractivity contribution is 5.30. The summed E-state index contributed by atoms with van der Waals surface area (Å²) in [5.74, 6) is 0.803. The Morgan fingerprint density at radius 2 is 1.71 bits per heavy atom. The fourth-order valence-electron chi connectivity index (χ4n) is 3.81. The van der Waals surface area contributed by atoms with Crippen LogP contribution in [0.2, 0.25) is 0 Å². The molecule has 17 heavy (non-hydrogen) atoms. The van der Waals surface area contributed by atoms with E-state index in [0.29, 0.717) is 11.8 Å².